The van der Waals surface area contributed by atoms with Gasteiger partial charge in [-0.25, -0.2) is 0 Å². The van der Waals surface area contributed by atoms with Crippen molar-refractivity contribution in [2.45, 2.75) is 44.0 Å². The zero-order valence-electron chi connectivity index (χ0n) is 23.2. The number of rotatable bonds is 9. The first kappa shape index (κ1) is 32.4. The summed E-state index contributed by atoms with van der Waals surface area (Å²) < 4.78 is 84.7. The molecule has 2 heterocycles. The van der Waals surface area contributed by atoms with Crippen LogP contribution in [0.4, 0.5) is 26.3 Å². The van der Waals surface area contributed by atoms with Gasteiger partial charge in [-0.05, 0) is 46.9 Å². The van der Waals surface area contributed by atoms with E-state index in [1.807, 2.05) is 23.1 Å². The number of carbonyl (C=O) groups is 1. The molecule has 2 aromatic carbocycles. The summed E-state index contributed by atoms with van der Waals surface area (Å²) in [6, 6.07) is 12.0. The second kappa shape index (κ2) is 13.0. The number of aromatic nitrogens is 1. The van der Waals surface area contributed by atoms with Crippen LogP contribution in [0.2, 0.25) is 0 Å². The number of ether oxygens (including phenoxy) is 1. The fourth-order valence-electron chi connectivity index (χ4n) is 5.18. The summed E-state index contributed by atoms with van der Waals surface area (Å²) in [6.45, 7) is 3.97. The predicted molar refractivity (Wildman–Crippen MR) is 144 cm³/mol. The normalized spacial score (nSPS) is 17.2. The lowest BCUT2D eigenvalue weighted by molar-refractivity contribution is -0.376. The van der Waals surface area contributed by atoms with Gasteiger partial charge in [0.05, 0.1) is 6.61 Å². The number of piperazine rings is 1. The lowest BCUT2D eigenvalue weighted by atomic mass is 9.90. The molecule has 1 aliphatic heterocycles. The Labute approximate surface area is 244 Å². The molecule has 0 amide bonds. The van der Waals surface area contributed by atoms with Crippen LogP contribution < -0.4 is 0 Å². The van der Waals surface area contributed by atoms with E-state index < -0.39 is 35.5 Å². The molecule has 1 unspecified atom stereocenters. The lowest BCUT2D eigenvalue weighted by Gasteiger charge is -2.40. The fraction of sp³-hybridized carbons (Fsp3) is 0.400. The number of halogens is 6. The Bertz CT molecular complexity index is 1370. The highest BCUT2D eigenvalue weighted by Crippen LogP contribution is 2.50. The molecule has 7 nitrogen and oxygen atoms in total. The summed E-state index contributed by atoms with van der Waals surface area (Å²) in [7, 11) is 0. The van der Waals surface area contributed by atoms with Crippen LogP contribution in [-0.4, -0.2) is 82.2 Å². The molecule has 0 aliphatic carbocycles. The van der Waals surface area contributed by atoms with Gasteiger partial charge >= 0.3 is 18.3 Å². The molecule has 1 aromatic heterocycles. The third-order valence-corrected chi connectivity index (χ3v) is 7.45. The molecule has 3 aromatic rings. The summed E-state index contributed by atoms with van der Waals surface area (Å²) in [5.74, 6) is -0.459. The van der Waals surface area contributed by atoms with Gasteiger partial charge in [-0.1, -0.05) is 42.5 Å². The number of aryl methyl sites for hydroxylation is 1. The van der Waals surface area contributed by atoms with Crippen LogP contribution in [0.25, 0.3) is 11.1 Å². The number of esters is 1. The van der Waals surface area contributed by atoms with Gasteiger partial charge < -0.3 is 14.9 Å². The van der Waals surface area contributed by atoms with Crippen molar-refractivity contribution in [2.24, 2.45) is 0 Å². The first-order valence-electron chi connectivity index (χ1n) is 13.4. The number of hydrogen-bond acceptors (Lipinski definition) is 7. The Morgan fingerprint density at radius 2 is 1.58 bits per heavy atom. The second-order valence-electron chi connectivity index (χ2n) is 10.4. The van der Waals surface area contributed by atoms with E-state index in [0.29, 0.717) is 61.5 Å². The molecule has 1 saturated heterocycles. The van der Waals surface area contributed by atoms with Crippen molar-refractivity contribution in [3.05, 3.63) is 89.2 Å². The minimum absolute atomic E-state index is 0.122. The van der Waals surface area contributed by atoms with Gasteiger partial charge in [-0.3, -0.25) is 19.6 Å². The van der Waals surface area contributed by atoms with Gasteiger partial charge in [-0.2, -0.15) is 26.3 Å². The van der Waals surface area contributed by atoms with E-state index in [1.165, 1.54) is 0 Å². The summed E-state index contributed by atoms with van der Waals surface area (Å²) in [5, 5.41) is 18.8. The summed E-state index contributed by atoms with van der Waals surface area (Å²) in [4.78, 5) is 21.0. The number of carbonyl (C=O) groups excluding carboxylic acids is 1. The molecule has 1 atom stereocenters. The fourth-order valence-corrected chi connectivity index (χ4v) is 5.18. The maximum Gasteiger partial charge on any atom is 0.430 e. The monoisotopic (exact) mass is 611 g/mol. The number of alkyl halides is 6. The summed E-state index contributed by atoms with van der Waals surface area (Å²) >= 11 is 0. The molecule has 0 saturated carbocycles. The first-order chi connectivity index (χ1) is 20.2. The minimum Gasteiger partial charge on any atom is -0.462 e. The first-order valence-corrected chi connectivity index (χ1v) is 13.4. The van der Waals surface area contributed by atoms with Gasteiger partial charge in [-0.15, -0.1) is 0 Å². The van der Waals surface area contributed by atoms with Crippen LogP contribution in [-0.2, 0) is 28.2 Å². The highest BCUT2D eigenvalue weighted by Gasteiger charge is 2.71. The predicted octanol–water partition coefficient (Wildman–Crippen LogP) is 4.59. The van der Waals surface area contributed by atoms with Crippen molar-refractivity contribution < 1.29 is 46.1 Å². The molecule has 0 bridgehead atoms. The minimum atomic E-state index is -5.96. The van der Waals surface area contributed by atoms with Gasteiger partial charge in [0.2, 0.25) is 0 Å². The summed E-state index contributed by atoms with van der Waals surface area (Å²) in [6.07, 6.45) is -8.53. The van der Waals surface area contributed by atoms with E-state index in [1.54, 1.807) is 31.5 Å². The Kier molecular flexibility index (Phi) is 9.79. The van der Waals surface area contributed by atoms with E-state index in [0.717, 1.165) is 23.3 Å². The SMILES string of the molecule is Cc1cc(CN2CCN(Cc3ccncc3)CC2C(=O)OCCO)ccc1-c1ccc(C(O)(C(F)(F)F)C(F)(F)F)cc1. The van der Waals surface area contributed by atoms with E-state index >= 15 is 0 Å². The van der Waals surface area contributed by atoms with E-state index in [2.05, 4.69) is 9.88 Å². The molecule has 43 heavy (non-hydrogen) atoms. The van der Waals surface area contributed by atoms with Crippen LogP contribution in [0.3, 0.4) is 0 Å². The van der Waals surface area contributed by atoms with Crippen molar-refractivity contribution in [1.29, 1.82) is 0 Å². The highest BCUT2D eigenvalue weighted by atomic mass is 19.4. The van der Waals surface area contributed by atoms with Crippen molar-refractivity contribution in [1.82, 2.24) is 14.8 Å². The third-order valence-electron chi connectivity index (χ3n) is 7.45. The Balaban J connectivity index is 1.51. The number of aliphatic hydroxyl groups excluding tert-OH is 1. The van der Waals surface area contributed by atoms with Crippen molar-refractivity contribution >= 4 is 5.97 Å². The van der Waals surface area contributed by atoms with Crippen molar-refractivity contribution in [2.75, 3.05) is 32.8 Å². The van der Waals surface area contributed by atoms with E-state index in [4.69, 9.17) is 9.84 Å². The van der Waals surface area contributed by atoms with Crippen LogP contribution in [0.1, 0.15) is 22.3 Å². The van der Waals surface area contributed by atoms with Gasteiger partial charge in [0.25, 0.3) is 5.60 Å². The average Bonchev–Trinajstić information content (AvgIpc) is 2.96. The number of benzene rings is 2. The van der Waals surface area contributed by atoms with Crippen molar-refractivity contribution in [3.63, 3.8) is 0 Å². The van der Waals surface area contributed by atoms with Crippen LogP contribution in [0, 0.1) is 6.92 Å². The lowest BCUT2D eigenvalue weighted by Crippen LogP contribution is -2.56. The Hall–Kier alpha value is -3.52. The zero-order valence-corrected chi connectivity index (χ0v) is 23.2. The van der Waals surface area contributed by atoms with Crippen LogP contribution in [0.5, 0.6) is 0 Å². The molecule has 1 fully saturated rings. The molecular formula is C30H31F6N3O4. The van der Waals surface area contributed by atoms with E-state index in [-0.39, 0.29) is 13.2 Å². The van der Waals surface area contributed by atoms with Gasteiger partial charge in [0.15, 0.2) is 0 Å². The average molecular weight is 612 g/mol. The highest BCUT2D eigenvalue weighted by molar-refractivity contribution is 5.76. The number of aliphatic hydroxyl groups is 2. The Morgan fingerprint density at radius 3 is 2.16 bits per heavy atom. The zero-order chi connectivity index (χ0) is 31.4. The molecule has 4 rings (SSSR count). The molecule has 1 aliphatic rings. The summed E-state index contributed by atoms with van der Waals surface area (Å²) in [5.41, 5.74) is -2.77. The van der Waals surface area contributed by atoms with Gasteiger partial charge in [0.1, 0.15) is 12.6 Å². The topological polar surface area (TPSA) is 86.1 Å². The smallest absolute Gasteiger partial charge is 0.430 e. The van der Waals surface area contributed by atoms with Crippen LogP contribution >= 0.6 is 0 Å². The standard InChI is InChI=1S/C30H31F6N3O4/c1-20-16-22(2-7-25(20)23-3-5-24(6-4-23)28(42,29(31,32)33)30(34,35)36)18-39-13-12-38(17-21-8-10-37-11-9-21)19-26(39)27(41)43-15-14-40/h2-11,16,26,40,42H,12-15,17-19H2,1H3. The molecule has 0 spiro atoms. The maximum absolute atomic E-state index is 13.2. The molecule has 0 radical (unpaired) electrons. The third kappa shape index (κ3) is 7.18. The maximum atomic E-state index is 13.2. The molecule has 2 N–H and O–H groups in total. The number of pyridine rings is 1. The molecule has 232 valence electrons. The van der Waals surface area contributed by atoms with Crippen LogP contribution in [0.15, 0.2) is 67.0 Å². The number of hydrogen-bond donors (Lipinski definition) is 2. The number of nitrogens with zero attached hydrogens (tertiary/aromatic N) is 3. The van der Waals surface area contributed by atoms with Crippen molar-refractivity contribution in [3.8, 4) is 11.1 Å². The molecular weight excluding hydrogens is 580 g/mol. The van der Waals surface area contributed by atoms with E-state index in [9.17, 15) is 36.2 Å². The second-order valence-corrected chi connectivity index (χ2v) is 10.4. The van der Waals surface area contributed by atoms with Gasteiger partial charge in [0, 0.05) is 50.7 Å². The Morgan fingerprint density at radius 1 is 0.930 bits per heavy atom. The molecule has 13 heteroatoms. The quantitative estimate of drug-likeness (QED) is 0.271. The largest absolute Gasteiger partial charge is 0.462 e.